The minimum absolute atomic E-state index is 0.0782. The van der Waals surface area contributed by atoms with Gasteiger partial charge >= 0.3 is 5.97 Å². The van der Waals surface area contributed by atoms with E-state index >= 15 is 0 Å². The number of rotatable bonds is 5. The van der Waals surface area contributed by atoms with E-state index in [-0.39, 0.29) is 11.3 Å². The molecule has 0 saturated heterocycles. The second-order valence-electron chi connectivity index (χ2n) is 5.65. The van der Waals surface area contributed by atoms with Crippen molar-refractivity contribution in [1.82, 2.24) is 0 Å². The number of carboxylic acid groups (broad SMARTS) is 1. The Morgan fingerprint density at radius 2 is 2.05 bits per heavy atom. The summed E-state index contributed by atoms with van der Waals surface area (Å²) in [6, 6.07) is 3.90. The summed E-state index contributed by atoms with van der Waals surface area (Å²) in [5.74, 6) is -0.528. The van der Waals surface area contributed by atoms with Crippen LogP contribution in [-0.4, -0.2) is 29.6 Å². The lowest BCUT2D eigenvalue weighted by Gasteiger charge is -2.29. The lowest BCUT2D eigenvalue weighted by Crippen LogP contribution is -2.28. The Morgan fingerprint density at radius 1 is 1.38 bits per heavy atom. The molecule has 0 amide bonds. The first-order valence-corrected chi connectivity index (χ1v) is 7.22. The molecule has 6 heteroatoms. The molecule has 1 N–H and O–H groups in total. The predicted molar refractivity (Wildman–Crippen MR) is 79.9 cm³/mol. The summed E-state index contributed by atoms with van der Waals surface area (Å²) < 4.78 is 0. The van der Waals surface area contributed by atoms with Gasteiger partial charge in [0, 0.05) is 25.7 Å². The first-order valence-electron chi connectivity index (χ1n) is 7.22. The first kappa shape index (κ1) is 15.3. The van der Waals surface area contributed by atoms with Crippen molar-refractivity contribution in [2.75, 3.05) is 18.5 Å². The molecule has 1 aliphatic carbocycles. The van der Waals surface area contributed by atoms with E-state index < -0.39 is 10.9 Å². The van der Waals surface area contributed by atoms with Crippen LogP contribution in [0.15, 0.2) is 18.2 Å². The Hall–Kier alpha value is -2.11. The minimum atomic E-state index is -1.06. The number of benzene rings is 1. The number of hydrogen-bond donors (Lipinski definition) is 1. The summed E-state index contributed by atoms with van der Waals surface area (Å²) in [7, 11) is 1.81. The number of anilines is 1. The molecular weight excluding hydrogens is 272 g/mol. The van der Waals surface area contributed by atoms with Gasteiger partial charge in [-0.05, 0) is 24.8 Å². The number of carbonyl (C=O) groups is 1. The molecule has 0 atom stereocenters. The van der Waals surface area contributed by atoms with Gasteiger partial charge in [-0.2, -0.15) is 0 Å². The van der Waals surface area contributed by atoms with Gasteiger partial charge in [0.1, 0.15) is 0 Å². The summed E-state index contributed by atoms with van der Waals surface area (Å²) >= 11 is 0. The maximum atomic E-state index is 11.3. The number of nitro benzene ring substituents is 1. The molecule has 21 heavy (non-hydrogen) atoms. The fourth-order valence-corrected chi connectivity index (χ4v) is 2.99. The van der Waals surface area contributed by atoms with Crippen molar-refractivity contribution in [3.63, 3.8) is 0 Å². The Bertz CT molecular complexity index is 538. The van der Waals surface area contributed by atoms with Crippen molar-refractivity contribution in [1.29, 1.82) is 0 Å². The summed E-state index contributed by atoms with van der Waals surface area (Å²) in [6.45, 7) is 0.738. The molecule has 0 unspecified atom stereocenters. The van der Waals surface area contributed by atoms with Crippen LogP contribution in [0.5, 0.6) is 0 Å². The van der Waals surface area contributed by atoms with Crippen LogP contribution < -0.4 is 4.90 Å². The smallest absolute Gasteiger partial charge is 0.337 e. The third-order valence-electron chi connectivity index (χ3n) is 4.09. The topological polar surface area (TPSA) is 83.7 Å². The third kappa shape index (κ3) is 3.71. The van der Waals surface area contributed by atoms with Gasteiger partial charge in [-0.1, -0.05) is 19.3 Å². The van der Waals surface area contributed by atoms with Crippen LogP contribution in [0.1, 0.15) is 42.5 Å². The Kier molecular flexibility index (Phi) is 4.77. The van der Waals surface area contributed by atoms with Gasteiger partial charge < -0.3 is 10.0 Å². The molecule has 0 spiro atoms. The number of non-ortho nitro benzene ring substituents is 1. The van der Waals surface area contributed by atoms with E-state index in [1.807, 2.05) is 4.90 Å². The number of nitro groups is 1. The lowest BCUT2D eigenvalue weighted by molar-refractivity contribution is -0.384. The number of nitrogens with zero attached hydrogens (tertiary/aromatic N) is 2. The molecule has 1 aliphatic rings. The number of carboxylic acids is 1. The molecule has 0 aromatic heterocycles. The summed E-state index contributed by atoms with van der Waals surface area (Å²) in [4.78, 5) is 23.5. The van der Waals surface area contributed by atoms with E-state index in [4.69, 9.17) is 0 Å². The second kappa shape index (κ2) is 6.56. The zero-order chi connectivity index (χ0) is 15.4. The van der Waals surface area contributed by atoms with E-state index in [1.54, 1.807) is 7.05 Å². The predicted octanol–water partition coefficient (Wildman–Crippen LogP) is 3.31. The van der Waals surface area contributed by atoms with Crippen molar-refractivity contribution in [2.24, 2.45) is 5.92 Å². The van der Waals surface area contributed by atoms with Crippen molar-refractivity contribution < 1.29 is 14.8 Å². The number of hydrogen-bond acceptors (Lipinski definition) is 4. The SMILES string of the molecule is CN(CC1CCCCC1)c1cc([N+](=O)[O-])ccc1C(=O)O. The highest BCUT2D eigenvalue weighted by molar-refractivity contribution is 5.95. The zero-order valence-corrected chi connectivity index (χ0v) is 12.1. The van der Waals surface area contributed by atoms with Gasteiger partial charge in [-0.25, -0.2) is 4.79 Å². The molecular formula is C15H20N2O4. The molecule has 0 aliphatic heterocycles. The van der Waals surface area contributed by atoms with Gasteiger partial charge in [-0.3, -0.25) is 10.1 Å². The summed E-state index contributed by atoms with van der Waals surface area (Å²) in [6.07, 6.45) is 5.96. The molecule has 1 fully saturated rings. The third-order valence-corrected chi connectivity index (χ3v) is 4.09. The normalized spacial score (nSPS) is 15.7. The van der Waals surface area contributed by atoms with E-state index in [1.165, 1.54) is 37.5 Å². The maximum Gasteiger partial charge on any atom is 0.337 e. The molecule has 114 valence electrons. The average molecular weight is 292 g/mol. The van der Waals surface area contributed by atoms with Gasteiger partial charge in [0.15, 0.2) is 0 Å². The molecule has 6 nitrogen and oxygen atoms in total. The van der Waals surface area contributed by atoms with E-state index in [2.05, 4.69) is 0 Å². The number of aromatic carboxylic acids is 1. The van der Waals surface area contributed by atoms with Crippen molar-refractivity contribution in [2.45, 2.75) is 32.1 Å². The van der Waals surface area contributed by atoms with Crippen LogP contribution in [0.2, 0.25) is 0 Å². The average Bonchev–Trinajstić information content (AvgIpc) is 2.47. The van der Waals surface area contributed by atoms with E-state index in [0.29, 0.717) is 11.6 Å². The Morgan fingerprint density at radius 3 is 2.62 bits per heavy atom. The molecule has 0 bridgehead atoms. The Labute approximate surface area is 123 Å². The highest BCUT2D eigenvalue weighted by Crippen LogP contribution is 2.29. The van der Waals surface area contributed by atoms with Crippen LogP contribution >= 0.6 is 0 Å². The highest BCUT2D eigenvalue weighted by Gasteiger charge is 2.21. The van der Waals surface area contributed by atoms with Crippen LogP contribution in [0.25, 0.3) is 0 Å². The molecule has 1 aromatic carbocycles. The quantitative estimate of drug-likeness (QED) is 0.665. The largest absolute Gasteiger partial charge is 0.478 e. The highest BCUT2D eigenvalue weighted by atomic mass is 16.6. The van der Waals surface area contributed by atoms with Crippen LogP contribution in [0, 0.1) is 16.0 Å². The van der Waals surface area contributed by atoms with E-state index in [9.17, 15) is 20.0 Å². The first-order chi connectivity index (χ1) is 9.99. The van der Waals surface area contributed by atoms with Crippen molar-refractivity contribution >= 4 is 17.3 Å². The van der Waals surface area contributed by atoms with Crippen molar-refractivity contribution in [3.05, 3.63) is 33.9 Å². The van der Waals surface area contributed by atoms with Crippen LogP contribution in [-0.2, 0) is 0 Å². The summed E-state index contributed by atoms with van der Waals surface area (Å²) in [5, 5.41) is 20.1. The van der Waals surface area contributed by atoms with Crippen LogP contribution in [0.3, 0.4) is 0 Å². The standard InChI is InChI=1S/C15H20N2O4/c1-16(10-11-5-3-2-4-6-11)14-9-12(17(20)21)7-8-13(14)15(18)19/h7-9,11H,2-6,10H2,1H3,(H,18,19). The van der Waals surface area contributed by atoms with Gasteiger partial charge in [0.25, 0.3) is 5.69 Å². The van der Waals surface area contributed by atoms with E-state index in [0.717, 1.165) is 19.4 Å². The van der Waals surface area contributed by atoms with Gasteiger partial charge in [0.2, 0.25) is 0 Å². The summed E-state index contributed by atoms with van der Waals surface area (Å²) in [5.41, 5.74) is 0.451. The maximum absolute atomic E-state index is 11.3. The monoisotopic (exact) mass is 292 g/mol. The molecule has 0 heterocycles. The van der Waals surface area contributed by atoms with Crippen LogP contribution in [0.4, 0.5) is 11.4 Å². The fourth-order valence-electron chi connectivity index (χ4n) is 2.99. The minimum Gasteiger partial charge on any atom is -0.478 e. The van der Waals surface area contributed by atoms with Crippen molar-refractivity contribution in [3.8, 4) is 0 Å². The van der Waals surface area contributed by atoms with Gasteiger partial charge in [0.05, 0.1) is 16.2 Å². The lowest BCUT2D eigenvalue weighted by atomic mass is 9.89. The van der Waals surface area contributed by atoms with Gasteiger partial charge in [-0.15, -0.1) is 0 Å². The molecule has 1 saturated carbocycles. The molecule has 1 aromatic rings. The Balaban J connectivity index is 2.23. The fraction of sp³-hybridized carbons (Fsp3) is 0.533. The molecule has 0 radical (unpaired) electrons. The molecule has 2 rings (SSSR count). The zero-order valence-electron chi connectivity index (χ0n) is 12.1. The second-order valence-corrected chi connectivity index (χ2v) is 5.65.